The Labute approximate surface area is 145 Å². The van der Waals surface area contributed by atoms with Crippen LogP contribution >= 0.6 is 0 Å². The van der Waals surface area contributed by atoms with Crippen molar-refractivity contribution in [3.05, 3.63) is 72.1 Å². The van der Waals surface area contributed by atoms with Crippen LogP contribution in [0.2, 0.25) is 0 Å². The Morgan fingerprint density at radius 3 is 2.32 bits per heavy atom. The van der Waals surface area contributed by atoms with Crippen molar-refractivity contribution in [2.24, 2.45) is 0 Å². The van der Waals surface area contributed by atoms with Crippen molar-refractivity contribution in [3.8, 4) is 5.69 Å². The van der Waals surface area contributed by atoms with Gasteiger partial charge in [-0.15, -0.1) is 0 Å². The van der Waals surface area contributed by atoms with E-state index in [9.17, 15) is 9.59 Å². The van der Waals surface area contributed by atoms with E-state index in [1.165, 1.54) is 13.1 Å². The molecule has 0 bridgehead atoms. The number of hydrogen-bond donors (Lipinski definition) is 2. The normalized spacial score (nSPS) is 10.3. The molecule has 3 aromatic rings. The van der Waals surface area contributed by atoms with Crippen molar-refractivity contribution in [2.75, 3.05) is 10.6 Å². The van der Waals surface area contributed by atoms with E-state index in [-0.39, 0.29) is 11.8 Å². The molecular weight excluding hydrogens is 316 g/mol. The number of hydrogen-bond acceptors (Lipinski definition) is 3. The maximum absolute atomic E-state index is 12.5. The zero-order chi connectivity index (χ0) is 17.8. The topological polar surface area (TPSA) is 76.0 Å². The molecule has 2 amide bonds. The minimum Gasteiger partial charge on any atom is -0.326 e. The molecule has 1 aromatic heterocycles. The van der Waals surface area contributed by atoms with Gasteiger partial charge in [0.05, 0.1) is 17.4 Å². The molecule has 6 nitrogen and oxygen atoms in total. The maximum atomic E-state index is 12.5. The van der Waals surface area contributed by atoms with Gasteiger partial charge in [-0.25, -0.2) is 4.68 Å². The van der Waals surface area contributed by atoms with E-state index in [0.29, 0.717) is 16.9 Å². The highest BCUT2D eigenvalue weighted by Crippen LogP contribution is 2.24. The van der Waals surface area contributed by atoms with Gasteiger partial charge in [-0.1, -0.05) is 24.3 Å². The minimum atomic E-state index is -0.259. The second kappa shape index (κ2) is 7.00. The van der Waals surface area contributed by atoms with Crippen molar-refractivity contribution in [2.45, 2.75) is 13.8 Å². The Balaban J connectivity index is 1.79. The fraction of sp³-hybridized carbons (Fsp3) is 0.105. The van der Waals surface area contributed by atoms with Gasteiger partial charge < -0.3 is 10.6 Å². The second-order valence-corrected chi connectivity index (χ2v) is 5.62. The van der Waals surface area contributed by atoms with Gasteiger partial charge >= 0.3 is 0 Å². The number of rotatable bonds is 4. The molecule has 6 heteroatoms. The highest BCUT2D eigenvalue weighted by atomic mass is 16.2. The van der Waals surface area contributed by atoms with Crippen molar-refractivity contribution in [3.63, 3.8) is 0 Å². The predicted molar refractivity (Wildman–Crippen MR) is 97.0 cm³/mol. The number of para-hydroxylation sites is 1. The summed E-state index contributed by atoms with van der Waals surface area (Å²) in [5.74, 6) is -0.416. The monoisotopic (exact) mass is 334 g/mol. The summed E-state index contributed by atoms with van der Waals surface area (Å²) in [6.07, 6.45) is 3.20. The minimum absolute atomic E-state index is 0.157. The molecule has 0 radical (unpaired) electrons. The second-order valence-electron chi connectivity index (χ2n) is 5.62. The Kier molecular flexibility index (Phi) is 4.61. The Hall–Kier alpha value is -3.41. The van der Waals surface area contributed by atoms with Gasteiger partial charge in [0.1, 0.15) is 0 Å². The molecule has 0 fully saturated rings. The first-order valence-electron chi connectivity index (χ1n) is 7.83. The largest absolute Gasteiger partial charge is 0.326 e. The first-order valence-corrected chi connectivity index (χ1v) is 7.83. The van der Waals surface area contributed by atoms with E-state index in [1.807, 2.05) is 37.3 Å². The predicted octanol–water partition coefficient (Wildman–Crippen LogP) is 3.39. The third-order valence-electron chi connectivity index (χ3n) is 3.76. The first kappa shape index (κ1) is 16.4. The van der Waals surface area contributed by atoms with Crippen LogP contribution in [-0.4, -0.2) is 21.6 Å². The third kappa shape index (κ3) is 3.74. The summed E-state index contributed by atoms with van der Waals surface area (Å²) in [4.78, 5) is 23.7. The third-order valence-corrected chi connectivity index (χ3v) is 3.76. The number of carbonyl (C=O) groups is 2. The molecule has 0 saturated heterocycles. The van der Waals surface area contributed by atoms with E-state index < -0.39 is 0 Å². The van der Waals surface area contributed by atoms with Crippen molar-refractivity contribution < 1.29 is 9.59 Å². The summed E-state index contributed by atoms with van der Waals surface area (Å²) in [5, 5.41) is 9.83. The van der Waals surface area contributed by atoms with E-state index in [0.717, 1.165) is 11.3 Å². The molecule has 25 heavy (non-hydrogen) atoms. The van der Waals surface area contributed by atoms with Crippen molar-refractivity contribution in [1.29, 1.82) is 0 Å². The van der Waals surface area contributed by atoms with Crippen LogP contribution in [0.5, 0.6) is 0 Å². The van der Waals surface area contributed by atoms with Crippen LogP contribution in [0.4, 0.5) is 11.4 Å². The molecule has 0 unspecified atom stereocenters. The quantitative estimate of drug-likeness (QED) is 0.768. The molecular formula is C19H18N4O2. The van der Waals surface area contributed by atoms with Gasteiger partial charge in [-0.05, 0) is 36.8 Å². The molecule has 2 aromatic carbocycles. The standard InChI is InChI=1S/C19H18N4O2/c1-13-17(21-14(2)24)9-6-10-18(13)22-19(25)15-11-20-23(12-15)16-7-4-3-5-8-16/h3-12H,1-2H3,(H,21,24)(H,22,25). The van der Waals surface area contributed by atoms with Gasteiger partial charge in [0.15, 0.2) is 0 Å². The van der Waals surface area contributed by atoms with Crippen LogP contribution in [0.3, 0.4) is 0 Å². The summed E-state index contributed by atoms with van der Waals surface area (Å²) < 4.78 is 1.65. The fourth-order valence-corrected chi connectivity index (χ4v) is 2.45. The average Bonchev–Trinajstić information content (AvgIpc) is 3.09. The Morgan fingerprint density at radius 1 is 0.960 bits per heavy atom. The van der Waals surface area contributed by atoms with Gasteiger partial charge in [0.25, 0.3) is 5.91 Å². The zero-order valence-electron chi connectivity index (χ0n) is 14.0. The summed E-state index contributed by atoms with van der Waals surface area (Å²) in [7, 11) is 0. The maximum Gasteiger partial charge on any atom is 0.258 e. The fourth-order valence-electron chi connectivity index (χ4n) is 2.45. The average molecular weight is 334 g/mol. The van der Waals surface area contributed by atoms with E-state index in [4.69, 9.17) is 0 Å². The molecule has 0 saturated carbocycles. The van der Waals surface area contributed by atoms with Crippen molar-refractivity contribution >= 4 is 23.2 Å². The number of aromatic nitrogens is 2. The van der Waals surface area contributed by atoms with Gasteiger partial charge in [-0.3, -0.25) is 9.59 Å². The van der Waals surface area contributed by atoms with Crippen LogP contribution in [0.25, 0.3) is 5.69 Å². The van der Waals surface area contributed by atoms with E-state index >= 15 is 0 Å². The lowest BCUT2D eigenvalue weighted by atomic mass is 10.1. The molecule has 0 aliphatic carbocycles. The number of anilines is 2. The Bertz CT molecular complexity index is 916. The molecule has 0 aliphatic rings. The molecule has 126 valence electrons. The Morgan fingerprint density at radius 2 is 1.64 bits per heavy atom. The number of benzene rings is 2. The van der Waals surface area contributed by atoms with Crippen LogP contribution in [0.15, 0.2) is 60.9 Å². The molecule has 1 heterocycles. The number of carbonyl (C=O) groups excluding carboxylic acids is 2. The number of amides is 2. The first-order chi connectivity index (χ1) is 12.0. The van der Waals surface area contributed by atoms with Gasteiger partial charge in [-0.2, -0.15) is 5.10 Å². The van der Waals surface area contributed by atoms with Gasteiger partial charge in [0.2, 0.25) is 5.91 Å². The highest BCUT2D eigenvalue weighted by Gasteiger charge is 2.12. The lowest BCUT2D eigenvalue weighted by Gasteiger charge is -2.12. The van der Waals surface area contributed by atoms with Crippen LogP contribution in [0, 0.1) is 6.92 Å². The molecule has 3 rings (SSSR count). The smallest absolute Gasteiger partial charge is 0.258 e. The molecule has 0 spiro atoms. The number of nitrogens with one attached hydrogen (secondary N) is 2. The summed E-state index contributed by atoms with van der Waals surface area (Å²) >= 11 is 0. The van der Waals surface area contributed by atoms with E-state index in [2.05, 4.69) is 15.7 Å². The lowest BCUT2D eigenvalue weighted by Crippen LogP contribution is -2.13. The van der Waals surface area contributed by atoms with Crippen LogP contribution in [0.1, 0.15) is 22.8 Å². The van der Waals surface area contributed by atoms with Gasteiger partial charge in [0, 0.05) is 24.5 Å². The molecule has 0 atom stereocenters. The SMILES string of the molecule is CC(=O)Nc1cccc(NC(=O)c2cnn(-c3ccccc3)c2)c1C. The summed E-state index contributed by atoms with van der Waals surface area (Å²) in [6, 6.07) is 14.9. The van der Waals surface area contributed by atoms with Crippen molar-refractivity contribution in [1.82, 2.24) is 9.78 Å². The van der Waals surface area contributed by atoms with Crippen LogP contribution < -0.4 is 10.6 Å². The van der Waals surface area contributed by atoms with E-state index in [1.54, 1.807) is 29.1 Å². The summed E-state index contributed by atoms with van der Waals surface area (Å²) in [5.41, 5.74) is 3.44. The molecule has 2 N–H and O–H groups in total. The lowest BCUT2D eigenvalue weighted by molar-refractivity contribution is -0.114. The zero-order valence-corrected chi connectivity index (χ0v) is 14.0. The molecule has 0 aliphatic heterocycles. The summed E-state index contributed by atoms with van der Waals surface area (Å²) in [6.45, 7) is 3.29. The van der Waals surface area contributed by atoms with Crippen LogP contribution in [-0.2, 0) is 4.79 Å². The number of nitrogens with zero attached hydrogens (tertiary/aromatic N) is 2. The highest BCUT2D eigenvalue weighted by molar-refractivity contribution is 6.05.